The summed E-state index contributed by atoms with van der Waals surface area (Å²) in [5, 5.41) is 4.09. The molecule has 0 aromatic heterocycles. The molecule has 3 rings (SSSR count). The van der Waals surface area contributed by atoms with E-state index in [1.54, 1.807) is 53.4 Å². The number of ether oxygens (including phenoxy) is 2. The SMILES string of the molecule is O=C(COc1ccc(Cl)cc1)NCC1CCN(C(=O)COc2ccc(Cl)cc2)C1. The van der Waals surface area contributed by atoms with Crippen molar-refractivity contribution < 1.29 is 19.1 Å². The molecule has 6 nitrogen and oxygen atoms in total. The molecule has 2 amide bonds. The number of hydrogen-bond acceptors (Lipinski definition) is 4. The highest BCUT2D eigenvalue weighted by atomic mass is 35.5. The second-order valence-electron chi connectivity index (χ2n) is 6.78. The van der Waals surface area contributed by atoms with Crippen molar-refractivity contribution in [1.29, 1.82) is 0 Å². The van der Waals surface area contributed by atoms with Gasteiger partial charge in [-0.25, -0.2) is 0 Å². The Labute approximate surface area is 179 Å². The topological polar surface area (TPSA) is 67.9 Å². The van der Waals surface area contributed by atoms with Crippen molar-refractivity contribution in [2.75, 3.05) is 32.8 Å². The molecule has 29 heavy (non-hydrogen) atoms. The molecule has 1 heterocycles. The molecule has 0 saturated carbocycles. The summed E-state index contributed by atoms with van der Waals surface area (Å²) < 4.78 is 10.9. The van der Waals surface area contributed by atoms with E-state index in [2.05, 4.69) is 5.32 Å². The van der Waals surface area contributed by atoms with Crippen molar-refractivity contribution in [1.82, 2.24) is 10.2 Å². The summed E-state index contributed by atoms with van der Waals surface area (Å²) >= 11 is 11.6. The Hall–Kier alpha value is -2.44. The molecular weight excluding hydrogens is 415 g/mol. The maximum absolute atomic E-state index is 12.3. The maximum Gasteiger partial charge on any atom is 0.260 e. The van der Waals surface area contributed by atoms with Crippen LogP contribution in [-0.4, -0.2) is 49.6 Å². The van der Waals surface area contributed by atoms with Gasteiger partial charge in [0, 0.05) is 29.7 Å². The zero-order valence-electron chi connectivity index (χ0n) is 15.8. The quantitative estimate of drug-likeness (QED) is 0.688. The van der Waals surface area contributed by atoms with Gasteiger partial charge in [-0.05, 0) is 60.9 Å². The molecule has 1 atom stereocenters. The highest BCUT2D eigenvalue weighted by molar-refractivity contribution is 6.30. The van der Waals surface area contributed by atoms with E-state index >= 15 is 0 Å². The molecular formula is C21H22Cl2N2O4. The predicted octanol–water partition coefficient (Wildman–Crippen LogP) is 3.42. The Morgan fingerprint density at radius 2 is 1.48 bits per heavy atom. The Morgan fingerprint density at radius 3 is 2.07 bits per heavy atom. The zero-order chi connectivity index (χ0) is 20.6. The summed E-state index contributed by atoms with van der Waals surface area (Å²) in [5.74, 6) is 1.14. The second-order valence-corrected chi connectivity index (χ2v) is 7.66. The predicted molar refractivity (Wildman–Crippen MR) is 112 cm³/mol. The highest BCUT2D eigenvalue weighted by Crippen LogP contribution is 2.18. The molecule has 8 heteroatoms. The summed E-state index contributed by atoms with van der Waals surface area (Å²) in [5.41, 5.74) is 0. The third-order valence-electron chi connectivity index (χ3n) is 4.59. The number of nitrogens with one attached hydrogen (secondary N) is 1. The van der Waals surface area contributed by atoms with Crippen LogP contribution in [0.1, 0.15) is 6.42 Å². The first-order valence-electron chi connectivity index (χ1n) is 9.31. The van der Waals surface area contributed by atoms with Crippen LogP contribution in [0.2, 0.25) is 10.0 Å². The van der Waals surface area contributed by atoms with Crippen LogP contribution in [-0.2, 0) is 9.59 Å². The van der Waals surface area contributed by atoms with Gasteiger partial charge in [0.15, 0.2) is 13.2 Å². The van der Waals surface area contributed by atoms with Crippen molar-refractivity contribution in [2.24, 2.45) is 5.92 Å². The summed E-state index contributed by atoms with van der Waals surface area (Å²) in [4.78, 5) is 26.0. The fraction of sp³-hybridized carbons (Fsp3) is 0.333. The van der Waals surface area contributed by atoms with Gasteiger partial charge < -0.3 is 19.7 Å². The summed E-state index contributed by atoms with van der Waals surface area (Å²) in [7, 11) is 0. The van der Waals surface area contributed by atoms with E-state index < -0.39 is 0 Å². The van der Waals surface area contributed by atoms with Gasteiger partial charge in [-0.15, -0.1) is 0 Å². The summed E-state index contributed by atoms with van der Waals surface area (Å²) in [6.45, 7) is 1.68. The molecule has 0 radical (unpaired) electrons. The fourth-order valence-corrected chi connectivity index (χ4v) is 3.23. The number of halogens is 2. The number of amides is 2. The van der Waals surface area contributed by atoms with Crippen LogP contribution in [0.15, 0.2) is 48.5 Å². The van der Waals surface area contributed by atoms with E-state index in [4.69, 9.17) is 32.7 Å². The van der Waals surface area contributed by atoms with E-state index in [0.29, 0.717) is 41.2 Å². The van der Waals surface area contributed by atoms with Crippen molar-refractivity contribution in [3.8, 4) is 11.5 Å². The van der Waals surface area contributed by atoms with Gasteiger partial charge in [0.1, 0.15) is 11.5 Å². The van der Waals surface area contributed by atoms with Crippen LogP contribution in [0, 0.1) is 5.92 Å². The Balaban J connectivity index is 1.33. The third kappa shape index (κ3) is 6.84. The largest absolute Gasteiger partial charge is 0.484 e. The molecule has 1 aliphatic rings. The smallest absolute Gasteiger partial charge is 0.260 e. The zero-order valence-corrected chi connectivity index (χ0v) is 17.3. The van der Waals surface area contributed by atoms with Crippen LogP contribution < -0.4 is 14.8 Å². The molecule has 0 aliphatic carbocycles. The van der Waals surface area contributed by atoms with Crippen LogP contribution in [0.25, 0.3) is 0 Å². The van der Waals surface area contributed by atoms with E-state index in [0.717, 1.165) is 6.42 Å². The van der Waals surface area contributed by atoms with Crippen molar-refractivity contribution in [3.05, 3.63) is 58.6 Å². The number of benzene rings is 2. The fourth-order valence-electron chi connectivity index (χ4n) is 2.98. The molecule has 0 bridgehead atoms. The van der Waals surface area contributed by atoms with Gasteiger partial charge in [0.05, 0.1) is 0 Å². The Bertz CT molecular complexity index is 828. The van der Waals surface area contributed by atoms with Gasteiger partial charge in [0.25, 0.3) is 11.8 Å². The van der Waals surface area contributed by atoms with Crippen LogP contribution >= 0.6 is 23.2 Å². The number of rotatable bonds is 8. The van der Waals surface area contributed by atoms with Gasteiger partial charge in [-0.3, -0.25) is 9.59 Å². The van der Waals surface area contributed by atoms with Crippen LogP contribution in [0.4, 0.5) is 0 Å². The molecule has 2 aromatic rings. The number of carbonyl (C=O) groups is 2. The lowest BCUT2D eigenvalue weighted by molar-refractivity contribution is -0.132. The van der Waals surface area contributed by atoms with E-state index in [1.165, 1.54) is 0 Å². The summed E-state index contributed by atoms with van der Waals surface area (Å²) in [6.07, 6.45) is 0.838. The highest BCUT2D eigenvalue weighted by Gasteiger charge is 2.26. The summed E-state index contributed by atoms with van der Waals surface area (Å²) in [6, 6.07) is 13.7. The van der Waals surface area contributed by atoms with Crippen molar-refractivity contribution >= 4 is 35.0 Å². The average molecular weight is 437 g/mol. The van der Waals surface area contributed by atoms with Gasteiger partial charge in [-0.2, -0.15) is 0 Å². The lowest BCUT2D eigenvalue weighted by Crippen LogP contribution is -2.36. The van der Waals surface area contributed by atoms with Crippen molar-refractivity contribution in [3.63, 3.8) is 0 Å². The van der Waals surface area contributed by atoms with Gasteiger partial charge in [-0.1, -0.05) is 23.2 Å². The number of likely N-dealkylation sites (tertiary alicyclic amines) is 1. The standard InChI is InChI=1S/C21H22Cl2N2O4/c22-16-1-5-18(6-2-16)28-13-20(26)24-11-15-9-10-25(12-15)21(27)14-29-19-7-3-17(23)4-8-19/h1-8,15H,9-14H2,(H,24,26). The average Bonchev–Trinajstić information content (AvgIpc) is 3.20. The lowest BCUT2D eigenvalue weighted by Gasteiger charge is -2.17. The van der Waals surface area contributed by atoms with Gasteiger partial charge >= 0.3 is 0 Å². The van der Waals surface area contributed by atoms with E-state index in [9.17, 15) is 9.59 Å². The Kier molecular flexibility index (Phi) is 7.61. The third-order valence-corrected chi connectivity index (χ3v) is 5.09. The van der Waals surface area contributed by atoms with E-state index in [-0.39, 0.29) is 30.9 Å². The molecule has 1 fully saturated rings. The van der Waals surface area contributed by atoms with E-state index in [1.807, 2.05) is 0 Å². The number of hydrogen-bond donors (Lipinski definition) is 1. The molecule has 1 aliphatic heterocycles. The molecule has 0 spiro atoms. The second kappa shape index (κ2) is 10.4. The molecule has 1 unspecified atom stereocenters. The first kappa shape index (κ1) is 21.3. The first-order valence-corrected chi connectivity index (χ1v) is 10.1. The minimum Gasteiger partial charge on any atom is -0.484 e. The van der Waals surface area contributed by atoms with Crippen LogP contribution in [0.5, 0.6) is 11.5 Å². The van der Waals surface area contributed by atoms with Crippen molar-refractivity contribution in [2.45, 2.75) is 6.42 Å². The van der Waals surface area contributed by atoms with Crippen LogP contribution in [0.3, 0.4) is 0 Å². The monoisotopic (exact) mass is 436 g/mol. The molecule has 2 aromatic carbocycles. The molecule has 1 saturated heterocycles. The maximum atomic E-state index is 12.3. The molecule has 154 valence electrons. The normalized spacial score (nSPS) is 15.8. The lowest BCUT2D eigenvalue weighted by atomic mass is 10.1. The Morgan fingerprint density at radius 1 is 0.931 bits per heavy atom. The molecule has 1 N–H and O–H groups in total. The first-order chi connectivity index (χ1) is 14.0. The van der Waals surface area contributed by atoms with Gasteiger partial charge in [0.2, 0.25) is 0 Å². The minimum atomic E-state index is -0.198. The number of carbonyl (C=O) groups excluding carboxylic acids is 2. The minimum absolute atomic E-state index is 0.0182. The number of nitrogens with zero attached hydrogens (tertiary/aromatic N) is 1.